The molecule has 1 aromatic heterocycles. The van der Waals surface area contributed by atoms with Crippen molar-refractivity contribution in [3.63, 3.8) is 0 Å². The molecule has 2 rings (SSSR count). The van der Waals surface area contributed by atoms with Crippen molar-refractivity contribution >= 4 is 17.5 Å². The minimum atomic E-state index is -0.381. The lowest BCUT2D eigenvalue weighted by Crippen LogP contribution is -2.27. The molecule has 2 aromatic rings. The third kappa shape index (κ3) is 4.64. The minimum Gasteiger partial charge on any atom is -0.344 e. The van der Waals surface area contributed by atoms with Gasteiger partial charge in [-0.2, -0.15) is 5.26 Å². The largest absolute Gasteiger partial charge is 0.344 e. The van der Waals surface area contributed by atoms with Crippen molar-refractivity contribution in [1.82, 2.24) is 10.3 Å². The number of nitrogens with one attached hydrogen (secondary N) is 2. The molecule has 0 bridgehead atoms. The van der Waals surface area contributed by atoms with E-state index < -0.39 is 0 Å². The Kier molecular flexibility index (Phi) is 5.42. The van der Waals surface area contributed by atoms with Crippen LogP contribution >= 0.6 is 0 Å². The third-order valence-corrected chi connectivity index (χ3v) is 3.15. The van der Waals surface area contributed by atoms with E-state index >= 15 is 0 Å². The highest BCUT2D eigenvalue weighted by molar-refractivity contribution is 5.96. The van der Waals surface area contributed by atoms with Crippen LogP contribution in [-0.4, -0.2) is 16.8 Å². The van der Waals surface area contributed by atoms with E-state index in [1.807, 2.05) is 25.1 Å². The fourth-order valence-corrected chi connectivity index (χ4v) is 1.97. The summed E-state index contributed by atoms with van der Waals surface area (Å²) >= 11 is 0. The number of pyridine rings is 1. The molecule has 0 saturated carbocycles. The Hall–Kier alpha value is -3.20. The van der Waals surface area contributed by atoms with Crippen LogP contribution < -0.4 is 10.6 Å². The van der Waals surface area contributed by atoms with Crippen molar-refractivity contribution < 1.29 is 9.59 Å². The summed E-state index contributed by atoms with van der Waals surface area (Å²) in [5.74, 6) is -0.605. The quantitative estimate of drug-likeness (QED) is 0.886. The van der Waals surface area contributed by atoms with E-state index in [1.165, 1.54) is 0 Å². The zero-order valence-corrected chi connectivity index (χ0v) is 12.6. The molecule has 2 amide bonds. The van der Waals surface area contributed by atoms with Gasteiger partial charge >= 0.3 is 0 Å². The number of carbonyl (C=O) groups is 2. The highest BCUT2D eigenvalue weighted by Gasteiger charge is 2.12. The summed E-state index contributed by atoms with van der Waals surface area (Å²) in [5.41, 5.74) is 1.80. The van der Waals surface area contributed by atoms with Crippen LogP contribution in [0.3, 0.4) is 0 Å². The lowest BCUT2D eigenvalue weighted by Gasteiger charge is -2.13. The Labute approximate surface area is 134 Å². The van der Waals surface area contributed by atoms with Crippen molar-refractivity contribution in [3.05, 3.63) is 59.9 Å². The molecule has 1 atom stereocenters. The van der Waals surface area contributed by atoms with Gasteiger partial charge < -0.3 is 10.6 Å². The molecule has 0 aliphatic carbocycles. The number of carbonyl (C=O) groups excluding carboxylic acids is 2. The summed E-state index contributed by atoms with van der Waals surface area (Å²) < 4.78 is 0. The van der Waals surface area contributed by atoms with Gasteiger partial charge in [0.05, 0.1) is 17.8 Å². The Morgan fingerprint density at radius 1 is 1.22 bits per heavy atom. The van der Waals surface area contributed by atoms with Crippen LogP contribution in [-0.2, 0) is 4.79 Å². The van der Waals surface area contributed by atoms with Crippen LogP contribution in [0.2, 0.25) is 0 Å². The normalized spacial score (nSPS) is 11.1. The van der Waals surface area contributed by atoms with E-state index in [2.05, 4.69) is 15.6 Å². The second kappa shape index (κ2) is 7.71. The first-order chi connectivity index (χ1) is 11.1. The van der Waals surface area contributed by atoms with Gasteiger partial charge in [0.1, 0.15) is 6.42 Å². The molecule has 0 aliphatic rings. The Balaban J connectivity index is 1.98. The predicted molar refractivity (Wildman–Crippen MR) is 85.4 cm³/mol. The highest BCUT2D eigenvalue weighted by atomic mass is 16.2. The van der Waals surface area contributed by atoms with Gasteiger partial charge in [-0.05, 0) is 43.3 Å². The molecule has 1 aromatic carbocycles. The highest BCUT2D eigenvalue weighted by Crippen LogP contribution is 2.13. The van der Waals surface area contributed by atoms with E-state index in [0.29, 0.717) is 11.3 Å². The van der Waals surface area contributed by atoms with Gasteiger partial charge in [-0.15, -0.1) is 0 Å². The molecule has 6 heteroatoms. The molecule has 0 fully saturated rings. The Bertz CT molecular complexity index is 721. The van der Waals surface area contributed by atoms with Gasteiger partial charge in [0, 0.05) is 17.4 Å². The van der Waals surface area contributed by atoms with E-state index in [0.717, 1.165) is 5.69 Å². The number of rotatable bonds is 5. The van der Waals surface area contributed by atoms with Crippen molar-refractivity contribution in [1.29, 1.82) is 5.26 Å². The van der Waals surface area contributed by atoms with Crippen LogP contribution in [0.15, 0.2) is 48.7 Å². The van der Waals surface area contributed by atoms with E-state index in [9.17, 15) is 9.59 Å². The van der Waals surface area contributed by atoms with Gasteiger partial charge in [0.25, 0.3) is 5.91 Å². The van der Waals surface area contributed by atoms with Crippen molar-refractivity contribution in [2.45, 2.75) is 19.4 Å². The van der Waals surface area contributed by atoms with Crippen LogP contribution in [0, 0.1) is 11.3 Å². The molecule has 1 heterocycles. The molecule has 0 spiro atoms. The van der Waals surface area contributed by atoms with Gasteiger partial charge in [-0.25, -0.2) is 0 Å². The number of hydrogen-bond donors (Lipinski definition) is 2. The number of nitrogens with zero attached hydrogens (tertiary/aromatic N) is 2. The summed E-state index contributed by atoms with van der Waals surface area (Å²) in [4.78, 5) is 27.7. The molecule has 0 unspecified atom stereocenters. The average Bonchev–Trinajstić information content (AvgIpc) is 2.56. The number of aromatic nitrogens is 1. The third-order valence-electron chi connectivity index (χ3n) is 3.15. The SMILES string of the molecule is C[C@H](NC(=O)c1ccc(NC(=O)CC#N)cc1)c1ccccn1. The minimum absolute atomic E-state index is 0.205. The van der Waals surface area contributed by atoms with E-state index in [1.54, 1.807) is 36.5 Å². The zero-order valence-electron chi connectivity index (χ0n) is 12.6. The first-order valence-corrected chi connectivity index (χ1v) is 7.09. The van der Waals surface area contributed by atoms with Crippen molar-refractivity contribution in [2.24, 2.45) is 0 Å². The summed E-state index contributed by atoms with van der Waals surface area (Å²) in [6.07, 6.45) is 1.47. The monoisotopic (exact) mass is 308 g/mol. The molecule has 0 radical (unpaired) electrons. The van der Waals surface area contributed by atoms with Gasteiger partial charge in [-0.3, -0.25) is 14.6 Å². The summed E-state index contributed by atoms with van der Waals surface area (Å²) in [5, 5.41) is 13.9. The summed E-state index contributed by atoms with van der Waals surface area (Å²) in [6, 6.07) is 13.6. The molecule has 23 heavy (non-hydrogen) atoms. The maximum absolute atomic E-state index is 12.2. The number of amides is 2. The second-order valence-electron chi connectivity index (χ2n) is 4.91. The zero-order chi connectivity index (χ0) is 16.7. The molecule has 6 nitrogen and oxygen atoms in total. The van der Waals surface area contributed by atoms with Crippen LogP contribution in [0.1, 0.15) is 35.4 Å². The first kappa shape index (κ1) is 16.2. The maximum atomic E-state index is 12.2. The van der Waals surface area contributed by atoms with Crippen molar-refractivity contribution in [2.75, 3.05) is 5.32 Å². The summed E-state index contributed by atoms with van der Waals surface area (Å²) in [7, 11) is 0. The topological polar surface area (TPSA) is 94.9 Å². The van der Waals surface area contributed by atoms with Gasteiger partial charge in [-0.1, -0.05) is 6.07 Å². The summed E-state index contributed by atoms with van der Waals surface area (Å²) in [6.45, 7) is 1.86. The van der Waals surface area contributed by atoms with E-state index in [-0.39, 0.29) is 24.3 Å². The molecular weight excluding hydrogens is 292 g/mol. The first-order valence-electron chi connectivity index (χ1n) is 7.09. The number of anilines is 1. The van der Waals surface area contributed by atoms with E-state index in [4.69, 9.17) is 5.26 Å². The molecule has 116 valence electrons. The number of benzene rings is 1. The predicted octanol–water partition coefficient (Wildman–Crippen LogP) is 2.42. The average molecular weight is 308 g/mol. The standard InChI is InChI=1S/C17H16N4O2/c1-12(15-4-2-3-11-19-15)20-17(23)13-5-7-14(8-6-13)21-16(22)9-10-18/h2-8,11-12H,9H2,1H3,(H,20,23)(H,21,22)/t12-/m0/s1. The van der Waals surface area contributed by atoms with Crippen molar-refractivity contribution in [3.8, 4) is 6.07 Å². The molecule has 2 N–H and O–H groups in total. The fraction of sp³-hybridized carbons (Fsp3) is 0.176. The lowest BCUT2D eigenvalue weighted by molar-refractivity contribution is -0.115. The van der Waals surface area contributed by atoms with Crippen LogP contribution in [0.25, 0.3) is 0 Å². The second-order valence-corrected chi connectivity index (χ2v) is 4.91. The lowest BCUT2D eigenvalue weighted by atomic mass is 10.1. The molecule has 0 saturated heterocycles. The maximum Gasteiger partial charge on any atom is 0.251 e. The van der Waals surface area contributed by atoms with Gasteiger partial charge in [0.15, 0.2) is 0 Å². The van der Waals surface area contributed by atoms with Gasteiger partial charge in [0.2, 0.25) is 5.91 Å². The molecule has 0 aliphatic heterocycles. The smallest absolute Gasteiger partial charge is 0.251 e. The molecular formula is C17H16N4O2. The van der Waals surface area contributed by atoms with Crippen LogP contribution in [0.4, 0.5) is 5.69 Å². The fourth-order valence-electron chi connectivity index (χ4n) is 1.97. The number of hydrogen-bond acceptors (Lipinski definition) is 4. The number of nitriles is 1. The Morgan fingerprint density at radius 2 is 1.96 bits per heavy atom. The Morgan fingerprint density at radius 3 is 2.57 bits per heavy atom. The van der Waals surface area contributed by atoms with Crippen LogP contribution in [0.5, 0.6) is 0 Å².